The monoisotopic (exact) mass is 285 g/mol. The Morgan fingerprint density at radius 3 is 2.72 bits per heavy atom. The summed E-state index contributed by atoms with van der Waals surface area (Å²) < 4.78 is 5.86. The van der Waals surface area contributed by atoms with Crippen LogP contribution < -0.4 is 5.32 Å². The summed E-state index contributed by atoms with van der Waals surface area (Å²) in [6, 6.07) is 6.56. The van der Waals surface area contributed by atoms with E-state index in [0.717, 1.165) is 31.2 Å². The molecule has 0 spiro atoms. The largest absolute Gasteiger partial charge is 0.373 e. The van der Waals surface area contributed by atoms with Crippen LogP contribution >= 0.6 is 23.2 Å². The van der Waals surface area contributed by atoms with E-state index in [1.807, 2.05) is 18.2 Å². The molecule has 4 heteroatoms. The first-order valence-electron chi connectivity index (χ1n) is 6.54. The lowest BCUT2D eigenvalue weighted by Gasteiger charge is -2.19. The van der Waals surface area contributed by atoms with Crippen LogP contribution in [-0.2, 0) is 4.74 Å². The summed E-state index contributed by atoms with van der Waals surface area (Å²) in [5.41, 5.74) is 1.14. The zero-order chi connectivity index (χ0) is 12.5. The van der Waals surface area contributed by atoms with E-state index in [0.29, 0.717) is 16.0 Å². The Morgan fingerprint density at radius 2 is 2.00 bits per heavy atom. The maximum Gasteiger partial charge on any atom is 0.0866 e. The van der Waals surface area contributed by atoms with E-state index in [-0.39, 0.29) is 6.10 Å². The van der Waals surface area contributed by atoms with Crippen molar-refractivity contribution in [2.45, 2.75) is 31.4 Å². The van der Waals surface area contributed by atoms with E-state index < -0.39 is 0 Å². The third-order valence-electron chi connectivity index (χ3n) is 3.73. The first-order chi connectivity index (χ1) is 8.74. The molecule has 1 aromatic carbocycles. The molecular weight excluding hydrogens is 269 g/mol. The third-order valence-corrected chi connectivity index (χ3v) is 4.47. The Balaban J connectivity index is 1.70. The maximum absolute atomic E-state index is 6.07. The smallest absolute Gasteiger partial charge is 0.0866 e. The van der Waals surface area contributed by atoms with E-state index in [1.165, 1.54) is 12.8 Å². The Bertz CT molecular complexity index is 434. The summed E-state index contributed by atoms with van der Waals surface area (Å²) in [7, 11) is 0. The summed E-state index contributed by atoms with van der Waals surface area (Å²) in [6.07, 6.45) is 3.92. The van der Waals surface area contributed by atoms with Gasteiger partial charge in [-0.05, 0) is 37.0 Å². The molecule has 1 saturated heterocycles. The summed E-state index contributed by atoms with van der Waals surface area (Å²) >= 11 is 12.0. The van der Waals surface area contributed by atoms with Crippen LogP contribution in [0.3, 0.4) is 0 Å². The van der Waals surface area contributed by atoms with Crippen LogP contribution in [0.15, 0.2) is 18.2 Å². The van der Waals surface area contributed by atoms with Crippen LogP contribution in [0.4, 0.5) is 0 Å². The molecule has 1 heterocycles. The molecule has 1 N–H and O–H groups in total. The molecule has 2 fully saturated rings. The van der Waals surface area contributed by atoms with Crippen LogP contribution in [0.5, 0.6) is 0 Å². The molecule has 0 bridgehead atoms. The summed E-state index contributed by atoms with van der Waals surface area (Å²) in [6.45, 7) is 1.87. The van der Waals surface area contributed by atoms with Crippen LogP contribution in [0.1, 0.15) is 30.9 Å². The van der Waals surface area contributed by atoms with Gasteiger partial charge in [-0.1, -0.05) is 29.3 Å². The first-order valence-corrected chi connectivity index (χ1v) is 7.29. The van der Waals surface area contributed by atoms with Gasteiger partial charge in [0.25, 0.3) is 0 Å². The molecule has 0 aromatic heterocycles. The predicted octanol–water partition coefficient (Wildman–Crippen LogP) is 3.82. The van der Waals surface area contributed by atoms with E-state index >= 15 is 0 Å². The minimum Gasteiger partial charge on any atom is -0.373 e. The van der Waals surface area contributed by atoms with Gasteiger partial charge in [0.15, 0.2) is 0 Å². The number of nitrogens with one attached hydrogen (secondary N) is 1. The Hall–Kier alpha value is -0.280. The molecule has 2 nitrogen and oxygen atoms in total. The minimum absolute atomic E-state index is 0.158. The second kappa shape index (κ2) is 5.38. The van der Waals surface area contributed by atoms with Crippen molar-refractivity contribution in [3.05, 3.63) is 33.8 Å². The standard InChI is InChI=1S/C14H17Cl2NO/c15-12-4-1-9(7-13(12)16)14-10(5-6-18-14)8-17-11-2-3-11/h1,4,7,10-11,14,17H,2-3,5-6,8H2. The van der Waals surface area contributed by atoms with Gasteiger partial charge in [0.05, 0.1) is 16.1 Å². The lowest BCUT2D eigenvalue weighted by molar-refractivity contribution is 0.0904. The van der Waals surface area contributed by atoms with Gasteiger partial charge in [-0.2, -0.15) is 0 Å². The van der Waals surface area contributed by atoms with Crippen molar-refractivity contribution in [3.63, 3.8) is 0 Å². The number of rotatable bonds is 4. The lowest BCUT2D eigenvalue weighted by Crippen LogP contribution is -2.26. The van der Waals surface area contributed by atoms with Crippen LogP contribution in [0, 0.1) is 5.92 Å². The summed E-state index contributed by atoms with van der Waals surface area (Å²) in [5.74, 6) is 0.544. The topological polar surface area (TPSA) is 21.3 Å². The predicted molar refractivity (Wildman–Crippen MR) is 74.3 cm³/mol. The molecule has 2 aliphatic rings. The van der Waals surface area contributed by atoms with E-state index in [2.05, 4.69) is 5.32 Å². The molecule has 1 aromatic rings. The Morgan fingerprint density at radius 1 is 1.17 bits per heavy atom. The van der Waals surface area contributed by atoms with Gasteiger partial charge in [-0.3, -0.25) is 0 Å². The van der Waals surface area contributed by atoms with Crippen molar-refractivity contribution in [1.29, 1.82) is 0 Å². The van der Waals surface area contributed by atoms with Gasteiger partial charge in [0.1, 0.15) is 0 Å². The van der Waals surface area contributed by atoms with Gasteiger partial charge in [0.2, 0.25) is 0 Å². The molecule has 3 rings (SSSR count). The second-order valence-electron chi connectivity index (χ2n) is 5.20. The number of benzene rings is 1. The average molecular weight is 286 g/mol. The highest BCUT2D eigenvalue weighted by atomic mass is 35.5. The van der Waals surface area contributed by atoms with Crippen molar-refractivity contribution in [2.24, 2.45) is 5.92 Å². The normalized spacial score (nSPS) is 27.7. The van der Waals surface area contributed by atoms with Crippen LogP contribution in [0.2, 0.25) is 10.0 Å². The highest BCUT2D eigenvalue weighted by Gasteiger charge is 2.31. The fourth-order valence-electron chi connectivity index (χ4n) is 2.51. The Labute approximate surface area is 118 Å². The molecule has 1 aliphatic carbocycles. The van der Waals surface area contributed by atoms with Gasteiger partial charge in [-0.15, -0.1) is 0 Å². The molecule has 18 heavy (non-hydrogen) atoms. The molecule has 2 atom stereocenters. The van der Waals surface area contributed by atoms with Crippen molar-refractivity contribution in [2.75, 3.05) is 13.2 Å². The molecule has 1 aliphatic heterocycles. The van der Waals surface area contributed by atoms with Gasteiger partial charge in [-0.25, -0.2) is 0 Å². The van der Waals surface area contributed by atoms with Gasteiger partial charge in [0, 0.05) is 25.1 Å². The zero-order valence-electron chi connectivity index (χ0n) is 10.2. The molecule has 0 amide bonds. The van der Waals surface area contributed by atoms with Crippen molar-refractivity contribution < 1.29 is 4.74 Å². The Kier molecular flexibility index (Phi) is 3.81. The quantitative estimate of drug-likeness (QED) is 0.908. The van der Waals surface area contributed by atoms with Crippen molar-refractivity contribution in [1.82, 2.24) is 5.32 Å². The first kappa shape index (κ1) is 12.7. The maximum atomic E-state index is 6.07. The molecule has 2 unspecified atom stereocenters. The number of ether oxygens (including phenoxy) is 1. The summed E-state index contributed by atoms with van der Waals surface area (Å²) in [5, 5.41) is 4.80. The van der Waals surface area contributed by atoms with Gasteiger partial charge < -0.3 is 10.1 Å². The van der Waals surface area contributed by atoms with E-state index in [9.17, 15) is 0 Å². The fourth-order valence-corrected chi connectivity index (χ4v) is 2.81. The molecular formula is C14H17Cl2NO. The highest BCUT2D eigenvalue weighted by molar-refractivity contribution is 6.42. The van der Waals surface area contributed by atoms with E-state index in [1.54, 1.807) is 0 Å². The fraction of sp³-hybridized carbons (Fsp3) is 0.571. The van der Waals surface area contributed by atoms with Crippen molar-refractivity contribution in [3.8, 4) is 0 Å². The van der Waals surface area contributed by atoms with Crippen LogP contribution in [-0.4, -0.2) is 19.2 Å². The molecule has 0 radical (unpaired) electrons. The SMILES string of the molecule is Clc1ccc(C2OCCC2CNC2CC2)cc1Cl. The zero-order valence-corrected chi connectivity index (χ0v) is 11.7. The number of hydrogen-bond acceptors (Lipinski definition) is 2. The van der Waals surface area contributed by atoms with E-state index in [4.69, 9.17) is 27.9 Å². The second-order valence-corrected chi connectivity index (χ2v) is 6.01. The minimum atomic E-state index is 0.158. The average Bonchev–Trinajstić information content (AvgIpc) is 3.08. The van der Waals surface area contributed by atoms with Gasteiger partial charge >= 0.3 is 0 Å². The molecule has 98 valence electrons. The number of hydrogen-bond donors (Lipinski definition) is 1. The lowest BCUT2D eigenvalue weighted by atomic mass is 9.95. The number of halogens is 2. The highest BCUT2D eigenvalue weighted by Crippen LogP contribution is 2.37. The third kappa shape index (κ3) is 2.83. The summed E-state index contributed by atoms with van der Waals surface area (Å²) in [4.78, 5) is 0. The molecule has 1 saturated carbocycles. The van der Waals surface area contributed by atoms with Crippen molar-refractivity contribution >= 4 is 23.2 Å². The van der Waals surface area contributed by atoms with Crippen LogP contribution in [0.25, 0.3) is 0 Å².